The largest absolute Gasteiger partial charge is 0.348 e. The zero-order valence-corrected chi connectivity index (χ0v) is 15.5. The van der Waals surface area contributed by atoms with Gasteiger partial charge in [0.2, 0.25) is 5.91 Å². The van der Waals surface area contributed by atoms with Crippen molar-refractivity contribution in [3.8, 4) is 0 Å². The highest BCUT2D eigenvalue weighted by molar-refractivity contribution is 5.94. The van der Waals surface area contributed by atoms with Gasteiger partial charge in [-0.1, -0.05) is 18.7 Å². The van der Waals surface area contributed by atoms with E-state index in [1.54, 1.807) is 17.0 Å². The van der Waals surface area contributed by atoms with Gasteiger partial charge in [-0.15, -0.1) is 0 Å². The maximum absolute atomic E-state index is 12.7. The molecule has 0 saturated carbocycles. The van der Waals surface area contributed by atoms with Crippen molar-refractivity contribution in [3.05, 3.63) is 48.0 Å². The van der Waals surface area contributed by atoms with E-state index in [4.69, 9.17) is 0 Å². The Hall–Kier alpha value is -2.83. The minimum atomic E-state index is -0.225. The zero-order valence-electron chi connectivity index (χ0n) is 15.5. The van der Waals surface area contributed by atoms with E-state index in [1.807, 2.05) is 21.9 Å². The molecule has 0 spiro atoms. The van der Waals surface area contributed by atoms with E-state index in [-0.39, 0.29) is 17.8 Å². The zero-order chi connectivity index (χ0) is 19.2. The lowest BCUT2D eigenvalue weighted by molar-refractivity contribution is -0.116. The molecule has 1 aromatic rings. The van der Waals surface area contributed by atoms with Crippen molar-refractivity contribution < 1.29 is 14.4 Å². The van der Waals surface area contributed by atoms with Crippen LogP contribution in [0.25, 0.3) is 0 Å². The van der Waals surface area contributed by atoms with E-state index in [2.05, 4.69) is 11.9 Å². The van der Waals surface area contributed by atoms with Crippen molar-refractivity contribution in [2.45, 2.75) is 19.4 Å². The van der Waals surface area contributed by atoms with Crippen molar-refractivity contribution in [3.63, 3.8) is 0 Å². The molecule has 0 aromatic heterocycles. The molecule has 2 fully saturated rings. The first kappa shape index (κ1) is 18.9. The first-order valence-corrected chi connectivity index (χ1v) is 9.41. The molecule has 4 amide bonds. The summed E-state index contributed by atoms with van der Waals surface area (Å²) in [6, 6.07) is 7.33. The lowest BCUT2D eigenvalue weighted by atomic mass is 10.1. The lowest BCUT2D eigenvalue weighted by Gasteiger charge is -2.36. The molecule has 1 N–H and O–H groups in total. The first-order chi connectivity index (χ1) is 13.1. The molecule has 2 saturated heterocycles. The number of rotatable bonds is 4. The van der Waals surface area contributed by atoms with Crippen LogP contribution in [0.1, 0.15) is 28.8 Å². The third-order valence-electron chi connectivity index (χ3n) is 5.07. The fourth-order valence-corrected chi connectivity index (χ4v) is 3.42. The normalized spacial score (nSPS) is 17.0. The summed E-state index contributed by atoms with van der Waals surface area (Å²) in [6.45, 7) is 7.75. The fourth-order valence-electron chi connectivity index (χ4n) is 3.42. The molecule has 0 aliphatic carbocycles. The number of hydrogen-bond acceptors (Lipinski definition) is 3. The summed E-state index contributed by atoms with van der Waals surface area (Å²) < 4.78 is 0. The van der Waals surface area contributed by atoms with Gasteiger partial charge in [-0.05, 0) is 36.6 Å². The smallest absolute Gasteiger partial charge is 0.320 e. The number of carbonyl (C=O) groups is 3. The Morgan fingerprint density at radius 3 is 2.04 bits per heavy atom. The van der Waals surface area contributed by atoms with Gasteiger partial charge in [0.15, 0.2) is 0 Å². The number of nitrogens with zero attached hydrogens (tertiary/aromatic N) is 3. The average Bonchev–Trinajstić information content (AvgIpc) is 3.26. The van der Waals surface area contributed by atoms with Gasteiger partial charge in [0.1, 0.15) is 0 Å². The number of amides is 4. The third kappa shape index (κ3) is 4.67. The van der Waals surface area contributed by atoms with Gasteiger partial charge in [-0.2, -0.15) is 0 Å². The molecule has 2 aliphatic rings. The van der Waals surface area contributed by atoms with Crippen molar-refractivity contribution in [1.82, 2.24) is 20.0 Å². The number of benzene rings is 1. The molecule has 144 valence electrons. The number of likely N-dealkylation sites (tertiary alicyclic amines) is 1. The summed E-state index contributed by atoms with van der Waals surface area (Å²) in [5, 5.41) is 2.71. The van der Waals surface area contributed by atoms with E-state index in [0.29, 0.717) is 38.3 Å². The van der Waals surface area contributed by atoms with Gasteiger partial charge in [0.25, 0.3) is 5.91 Å². The van der Waals surface area contributed by atoms with E-state index in [1.165, 1.54) is 6.08 Å². The van der Waals surface area contributed by atoms with Crippen molar-refractivity contribution in [1.29, 1.82) is 0 Å². The average molecular weight is 370 g/mol. The van der Waals surface area contributed by atoms with E-state index in [0.717, 1.165) is 31.5 Å². The number of nitrogens with one attached hydrogen (secondary N) is 1. The van der Waals surface area contributed by atoms with Crippen LogP contribution in [-0.4, -0.2) is 71.8 Å². The molecule has 3 rings (SSSR count). The minimum absolute atomic E-state index is 0.0232. The molecule has 27 heavy (non-hydrogen) atoms. The van der Waals surface area contributed by atoms with Crippen LogP contribution in [0.5, 0.6) is 0 Å². The maximum Gasteiger partial charge on any atom is 0.320 e. The van der Waals surface area contributed by atoms with Gasteiger partial charge >= 0.3 is 6.03 Å². The van der Waals surface area contributed by atoms with Crippen LogP contribution in [0.4, 0.5) is 4.79 Å². The van der Waals surface area contributed by atoms with Gasteiger partial charge < -0.3 is 20.0 Å². The monoisotopic (exact) mass is 370 g/mol. The molecule has 2 aliphatic heterocycles. The van der Waals surface area contributed by atoms with Crippen molar-refractivity contribution >= 4 is 17.8 Å². The third-order valence-corrected chi connectivity index (χ3v) is 5.07. The van der Waals surface area contributed by atoms with Crippen LogP contribution < -0.4 is 5.32 Å². The van der Waals surface area contributed by atoms with Crippen LogP contribution >= 0.6 is 0 Å². The van der Waals surface area contributed by atoms with Gasteiger partial charge in [0, 0.05) is 51.4 Å². The Balaban J connectivity index is 1.50. The molecular formula is C20H26N4O3. The Morgan fingerprint density at radius 2 is 1.44 bits per heavy atom. The van der Waals surface area contributed by atoms with Crippen LogP contribution in [0.15, 0.2) is 36.9 Å². The molecule has 0 unspecified atom stereocenters. The number of urea groups is 1. The second kappa shape index (κ2) is 8.70. The molecule has 0 atom stereocenters. The topological polar surface area (TPSA) is 73.0 Å². The Morgan fingerprint density at radius 1 is 0.889 bits per heavy atom. The molecule has 2 heterocycles. The van der Waals surface area contributed by atoms with Crippen LogP contribution in [0.2, 0.25) is 0 Å². The molecule has 7 heteroatoms. The van der Waals surface area contributed by atoms with Crippen LogP contribution in [0, 0.1) is 0 Å². The predicted octanol–water partition coefficient (Wildman–Crippen LogP) is 1.46. The number of carbonyl (C=O) groups excluding carboxylic acids is 3. The second-order valence-corrected chi connectivity index (χ2v) is 6.87. The highest BCUT2D eigenvalue weighted by atomic mass is 16.2. The highest BCUT2D eigenvalue weighted by Gasteiger charge is 2.28. The molecule has 0 radical (unpaired) electrons. The lowest BCUT2D eigenvalue weighted by Crippen LogP contribution is -2.53. The Kier molecular flexibility index (Phi) is 6.11. The second-order valence-electron chi connectivity index (χ2n) is 6.87. The summed E-state index contributed by atoms with van der Waals surface area (Å²) in [6.07, 6.45) is 3.39. The standard InChI is InChI=1S/C20H26N4O3/c1-2-18(25)21-15-16-5-7-17(8-6-16)19(26)22-11-13-24(14-12-22)20(27)23-9-3-4-10-23/h2,5-8H,1,3-4,9-15H2,(H,21,25). The SMILES string of the molecule is C=CC(=O)NCc1ccc(C(=O)N2CCN(C(=O)N3CCCC3)CC2)cc1. The van der Waals surface area contributed by atoms with Crippen molar-refractivity contribution in [2.24, 2.45) is 0 Å². The number of piperazine rings is 1. The quantitative estimate of drug-likeness (QED) is 0.816. The molecule has 0 bridgehead atoms. The van der Waals surface area contributed by atoms with Crippen molar-refractivity contribution in [2.75, 3.05) is 39.3 Å². The van der Waals surface area contributed by atoms with Gasteiger partial charge in [0.05, 0.1) is 0 Å². The van der Waals surface area contributed by atoms with Crippen LogP contribution in [-0.2, 0) is 11.3 Å². The van der Waals surface area contributed by atoms with E-state index >= 15 is 0 Å². The van der Waals surface area contributed by atoms with Gasteiger partial charge in [-0.3, -0.25) is 9.59 Å². The summed E-state index contributed by atoms with van der Waals surface area (Å²) in [5.41, 5.74) is 1.54. The molecule has 7 nitrogen and oxygen atoms in total. The van der Waals surface area contributed by atoms with Gasteiger partial charge in [-0.25, -0.2) is 4.79 Å². The predicted molar refractivity (Wildman–Crippen MR) is 102 cm³/mol. The fraction of sp³-hybridized carbons (Fsp3) is 0.450. The summed E-state index contributed by atoms with van der Waals surface area (Å²) in [5.74, 6) is -0.249. The summed E-state index contributed by atoms with van der Waals surface area (Å²) in [4.78, 5) is 41.9. The number of hydrogen-bond donors (Lipinski definition) is 1. The van der Waals surface area contributed by atoms with E-state index < -0.39 is 0 Å². The molecule has 1 aromatic carbocycles. The molecular weight excluding hydrogens is 344 g/mol. The first-order valence-electron chi connectivity index (χ1n) is 9.41. The van der Waals surface area contributed by atoms with E-state index in [9.17, 15) is 14.4 Å². The Labute approximate surface area is 159 Å². The van der Waals surface area contributed by atoms with Crippen LogP contribution in [0.3, 0.4) is 0 Å². The maximum atomic E-state index is 12.7. The summed E-state index contributed by atoms with van der Waals surface area (Å²) >= 11 is 0. The summed E-state index contributed by atoms with van der Waals surface area (Å²) in [7, 11) is 0. The Bertz CT molecular complexity index is 702. The highest BCUT2D eigenvalue weighted by Crippen LogP contribution is 2.14. The minimum Gasteiger partial charge on any atom is -0.348 e.